The molecule has 0 bridgehead atoms. The first-order chi connectivity index (χ1) is 13.2. The van der Waals surface area contributed by atoms with Gasteiger partial charge in [-0.15, -0.1) is 5.10 Å². The molecule has 1 aromatic heterocycles. The Morgan fingerprint density at radius 2 is 2.00 bits per heavy atom. The molecular weight excluding hydrogens is 349 g/mol. The van der Waals surface area contributed by atoms with Crippen molar-refractivity contribution in [2.75, 3.05) is 6.54 Å². The van der Waals surface area contributed by atoms with E-state index in [1.807, 2.05) is 48.5 Å². The van der Waals surface area contributed by atoms with Crippen molar-refractivity contribution in [1.29, 1.82) is 0 Å². The highest BCUT2D eigenvalue weighted by Gasteiger charge is 2.22. The van der Waals surface area contributed by atoms with Gasteiger partial charge in [-0.2, -0.15) is 4.68 Å². The smallest absolute Gasteiger partial charge is 0.410 e. The second kappa shape index (κ2) is 7.53. The number of carbonyl (C=O) groups is 1. The lowest BCUT2D eigenvalue weighted by molar-refractivity contribution is 0.0918. The second-order valence-corrected chi connectivity index (χ2v) is 6.31. The van der Waals surface area contributed by atoms with Crippen LogP contribution in [0.4, 0.5) is 9.18 Å². The van der Waals surface area contributed by atoms with Gasteiger partial charge in [0.2, 0.25) is 0 Å². The Morgan fingerprint density at radius 1 is 1.15 bits per heavy atom. The van der Waals surface area contributed by atoms with Crippen LogP contribution in [-0.4, -0.2) is 37.7 Å². The van der Waals surface area contributed by atoms with Gasteiger partial charge < -0.3 is 9.64 Å². The average Bonchev–Trinajstić information content (AvgIpc) is 3.21. The Bertz CT molecular complexity index is 944. The van der Waals surface area contributed by atoms with E-state index in [2.05, 4.69) is 15.5 Å². The molecule has 1 amide bonds. The molecule has 1 aliphatic heterocycles. The summed E-state index contributed by atoms with van der Waals surface area (Å²) in [6, 6.07) is 15.3. The molecule has 0 radical (unpaired) electrons. The summed E-state index contributed by atoms with van der Waals surface area (Å²) < 4.78 is 19.8. The zero-order valence-corrected chi connectivity index (χ0v) is 14.6. The van der Waals surface area contributed by atoms with Crippen molar-refractivity contribution < 1.29 is 13.9 Å². The third-order valence-corrected chi connectivity index (χ3v) is 4.56. The van der Waals surface area contributed by atoms with Crippen LogP contribution >= 0.6 is 0 Å². The molecule has 0 N–H and O–H groups in total. The van der Waals surface area contributed by atoms with Gasteiger partial charge in [0.1, 0.15) is 6.61 Å². The summed E-state index contributed by atoms with van der Waals surface area (Å²) in [6.45, 7) is 0.528. The number of halogens is 1. The van der Waals surface area contributed by atoms with Gasteiger partial charge in [-0.05, 0) is 45.7 Å². The van der Waals surface area contributed by atoms with E-state index >= 15 is 0 Å². The van der Waals surface area contributed by atoms with Crippen molar-refractivity contribution in [2.24, 2.45) is 0 Å². The number of hydrogen-bond acceptors (Lipinski definition) is 5. The van der Waals surface area contributed by atoms with Crippen molar-refractivity contribution in [1.82, 2.24) is 25.1 Å². The van der Waals surface area contributed by atoms with Gasteiger partial charge in [0.05, 0.1) is 5.69 Å². The normalized spacial score (nSPS) is 13.3. The van der Waals surface area contributed by atoms with Crippen LogP contribution in [0.3, 0.4) is 0 Å². The first-order valence-corrected chi connectivity index (χ1v) is 8.65. The van der Waals surface area contributed by atoms with Crippen LogP contribution in [0.25, 0.3) is 5.69 Å². The summed E-state index contributed by atoms with van der Waals surface area (Å²) in [5.74, 6) is 0.143. The Hall–Kier alpha value is -3.29. The number of ether oxygens (including phenoxy) is 1. The minimum absolute atomic E-state index is 0.143. The van der Waals surface area contributed by atoms with Crippen LogP contribution in [0, 0.1) is 0 Å². The van der Waals surface area contributed by atoms with E-state index in [1.54, 1.807) is 4.90 Å². The van der Waals surface area contributed by atoms with E-state index in [4.69, 9.17) is 4.74 Å². The van der Waals surface area contributed by atoms with Crippen LogP contribution in [0.1, 0.15) is 22.5 Å². The maximum absolute atomic E-state index is 13.0. The summed E-state index contributed by atoms with van der Waals surface area (Å²) in [5.41, 5.74) is 3.75. The molecule has 0 fully saturated rings. The van der Waals surface area contributed by atoms with Gasteiger partial charge in [0.15, 0.2) is 12.5 Å². The molecule has 0 saturated carbocycles. The SMILES string of the molecule is O=C(OCc1ccccc1)N1CCc2ccc(-n3nnnc3CF)cc2C1. The molecule has 1 aliphatic rings. The predicted octanol–water partition coefficient (Wildman–Crippen LogP) is 2.83. The fraction of sp³-hybridized carbons (Fsp3) is 0.263. The largest absolute Gasteiger partial charge is 0.445 e. The number of rotatable bonds is 4. The second-order valence-electron chi connectivity index (χ2n) is 6.31. The first kappa shape index (κ1) is 17.1. The number of fused-ring (bicyclic) bond motifs is 1. The number of alkyl halides is 1. The summed E-state index contributed by atoms with van der Waals surface area (Å²) in [6.07, 6.45) is 0.392. The number of carbonyl (C=O) groups excluding carboxylic acids is 1. The van der Waals surface area contributed by atoms with E-state index in [-0.39, 0.29) is 18.5 Å². The zero-order valence-electron chi connectivity index (χ0n) is 14.6. The van der Waals surface area contributed by atoms with Gasteiger partial charge in [-0.3, -0.25) is 0 Å². The van der Waals surface area contributed by atoms with Crippen LogP contribution in [-0.2, 0) is 31.0 Å². The molecule has 138 valence electrons. The standard InChI is InChI=1S/C19H18FN5O2/c20-11-18-21-22-23-25(18)17-7-6-15-8-9-24(12-16(15)10-17)19(26)27-13-14-4-2-1-3-5-14/h1-7,10H,8-9,11-13H2. The molecule has 0 atom stereocenters. The number of benzene rings is 2. The average molecular weight is 367 g/mol. The maximum Gasteiger partial charge on any atom is 0.410 e. The highest BCUT2D eigenvalue weighted by molar-refractivity contribution is 5.68. The Balaban J connectivity index is 1.47. The Morgan fingerprint density at radius 3 is 2.81 bits per heavy atom. The molecule has 2 aromatic carbocycles. The maximum atomic E-state index is 13.0. The topological polar surface area (TPSA) is 73.1 Å². The summed E-state index contributed by atoms with van der Waals surface area (Å²) in [4.78, 5) is 14.1. The van der Waals surface area contributed by atoms with Gasteiger partial charge in [0, 0.05) is 13.1 Å². The molecule has 8 heteroatoms. The molecule has 0 aliphatic carbocycles. The molecule has 0 spiro atoms. The monoisotopic (exact) mass is 367 g/mol. The fourth-order valence-corrected chi connectivity index (χ4v) is 3.13. The van der Waals surface area contributed by atoms with E-state index in [0.717, 1.165) is 23.1 Å². The lowest BCUT2D eigenvalue weighted by atomic mass is 9.99. The molecular formula is C19H18FN5O2. The minimum Gasteiger partial charge on any atom is -0.445 e. The third kappa shape index (κ3) is 3.64. The summed E-state index contributed by atoms with van der Waals surface area (Å²) in [7, 11) is 0. The van der Waals surface area contributed by atoms with Gasteiger partial charge in [-0.25, -0.2) is 9.18 Å². The quantitative estimate of drug-likeness (QED) is 0.709. The number of tetrazole rings is 1. The van der Waals surface area contributed by atoms with Crippen LogP contribution in [0.5, 0.6) is 0 Å². The van der Waals surface area contributed by atoms with Crippen LogP contribution in [0.15, 0.2) is 48.5 Å². The molecule has 0 unspecified atom stereocenters. The molecule has 2 heterocycles. The Labute approximate surface area is 155 Å². The summed E-state index contributed by atoms with van der Waals surface area (Å²) in [5, 5.41) is 11.0. The van der Waals surface area contributed by atoms with Crippen LogP contribution < -0.4 is 0 Å². The van der Waals surface area contributed by atoms with E-state index in [0.29, 0.717) is 18.8 Å². The van der Waals surface area contributed by atoms with Gasteiger partial charge in [-0.1, -0.05) is 36.4 Å². The van der Waals surface area contributed by atoms with Crippen LogP contribution in [0.2, 0.25) is 0 Å². The molecule has 7 nitrogen and oxygen atoms in total. The molecule has 0 saturated heterocycles. The zero-order chi connectivity index (χ0) is 18.6. The highest BCUT2D eigenvalue weighted by atomic mass is 19.1. The van der Waals surface area contributed by atoms with Crippen molar-refractivity contribution in [3.63, 3.8) is 0 Å². The number of nitrogens with zero attached hydrogens (tertiary/aromatic N) is 5. The third-order valence-electron chi connectivity index (χ3n) is 4.56. The predicted molar refractivity (Wildman–Crippen MR) is 94.7 cm³/mol. The molecule has 3 aromatic rings. The van der Waals surface area contributed by atoms with Gasteiger partial charge >= 0.3 is 6.09 Å². The van der Waals surface area contributed by atoms with E-state index < -0.39 is 6.67 Å². The fourth-order valence-electron chi connectivity index (χ4n) is 3.13. The number of amides is 1. The van der Waals surface area contributed by atoms with E-state index in [9.17, 15) is 9.18 Å². The first-order valence-electron chi connectivity index (χ1n) is 8.65. The van der Waals surface area contributed by atoms with Crippen molar-refractivity contribution in [3.05, 3.63) is 71.0 Å². The molecule has 27 heavy (non-hydrogen) atoms. The summed E-state index contributed by atoms with van der Waals surface area (Å²) >= 11 is 0. The minimum atomic E-state index is -0.748. The highest BCUT2D eigenvalue weighted by Crippen LogP contribution is 2.23. The van der Waals surface area contributed by atoms with Crippen molar-refractivity contribution in [2.45, 2.75) is 26.2 Å². The number of hydrogen-bond donors (Lipinski definition) is 0. The Kier molecular flexibility index (Phi) is 4.78. The lowest BCUT2D eigenvalue weighted by Gasteiger charge is -2.28. The van der Waals surface area contributed by atoms with Crippen molar-refractivity contribution in [3.8, 4) is 5.69 Å². The lowest BCUT2D eigenvalue weighted by Crippen LogP contribution is -2.36. The van der Waals surface area contributed by atoms with Gasteiger partial charge in [0.25, 0.3) is 0 Å². The number of aromatic nitrogens is 4. The van der Waals surface area contributed by atoms with E-state index in [1.165, 1.54) is 4.68 Å². The molecule has 4 rings (SSSR count). The van der Waals surface area contributed by atoms with Crippen molar-refractivity contribution >= 4 is 6.09 Å².